The van der Waals surface area contributed by atoms with Crippen LogP contribution in [0, 0.1) is 5.82 Å². The summed E-state index contributed by atoms with van der Waals surface area (Å²) in [5.74, 6) is 0.226. The van der Waals surface area contributed by atoms with Crippen LogP contribution in [0.25, 0.3) is 11.3 Å². The van der Waals surface area contributed by atoms with E-state index in [1.54, 1.807) is 24.3 Å². The van der Waals surface area contributed by atoms with Crippen molar-refractivity contribution in [2.45, 2.75) is 6.61 Å². The van der Waals surface area contributed by atoms with Crippen LogP contribution >= 0.6 is 0 Å². The Morgan fingerprint density at radius 1 is 1.29 bits per heavy atom. The largest absolute Gasteiger partial charge is 0.497 e. The van der Waals surface area contributed by atoms with E-state index in [0.717, 1.165) is 0 Å². The Morgan fingerprint density at radius 3 is 2.71 bits per heavy atom. The number of aromatic nitrogens is 1. The van der Waals surface area contributed by atoms with Gasteiger partial charge in [-0.05, 0) is 29.8 Å². The van der Waals surface area contributed by atoms with Crippen LogP contribution in [0.2, 0.25) is 0 Å². The maximum Gasteiger partial charge on any atom is 0.132 e. The lowest BCUT2D eigenvalue weighted by Gasteiger charge is -2.06. The minimum Gasteiger partial charge on any atom is -0.497 e. The molecular formula is C13H12FNO2. The molecule has 0 unspecified atom stereocenters. The standard InChI is InChI=1S/C13H12FNO2/c1-17-10-3-4-12(14)11(6-10)13-5-2-9(8-16)7-15-13/h2-7,16H,8H2,1H3. The van der Waals surface area contributed by atoms with Gasteiger partial charge in [0.05, 0.1) is 19.4 Å². The highest BCUT2D eigenvalue weighted by Gasteiger charge is 2.07. The molecule has 88 valence electrons. The Kier molecular flexibility index (Phi) is 3.35. The maximum absolute atomic E-state index is 13.6. The lowest BCUT2D eigenvalue weighted by Crippen LogP contribution is -1.92. The lowest BCUT2D eigenvalue weighted by atomic mass is 10.1. The van der Waals surface area contributed by atoms with Crippen LogP contribution in [0.1, 0.15) is 5.56 Å². The molecule has 1 aromatic carbocycles. The molecule has 0 bridgehead atoms. The van der Waals surface area contributed by atoms with Crippen LogP contribution in [-0.2, 0) is 6.61 Å². The van der Waals surface area contributed by atoms with E-state index in [9.17, 15) is 4.39 Å². The molecule has 4 heteroatoms. The number of aliphatic hydroxyl groups is 1. The Hall–Kier alpha value is -1.94. The van der Waals surface area contributed by atoms with Gasteiger partial charge < -0.3 is 9.84 Å². The fourth-order valence-corrected chi connectivity index (χ4v) is 1.50. The Balaban J connectivity index is 2.43. The first kappa shape index (κ1) is 11.5. The van der Waals surface area contributed by atoms with Gasteiger partial charge >= 0.3 is 0 Å². The number of hydrogen-bond donors (Lipinski definition) is 1. The van der Waals surface area contributed by atoms with E-state index in [1.165, 1.54) is 19.4 Å². The summed E-state index contributed by atoms with van der Waals surface area (Å²) in [6.07, 6.45) is 1.52. The van der Waals surface area contributed by atoms with Gasteiger partial charge in [-0.2, -0.15) is 0 Å². The molecule has 0 aliphatic carbocycles. The summed E-state index contributed by atoms with van der Waals surface area (Å²) in [5.41, 5.74) is 1.59. The SMILES string of the molecule is COc1ccc(F)c(-c2ccc(CO)cn2)c1. The molecule has 17 heavy (non-hydrogen) atoms. The summed E-state index contributed by atoms with van der Waals surface area (Å²) in [4.78, 5) is 4.10. The van der Waals surface area contributed by atoms with Gasteiger partial charge in [-0.3, -0.25) is 4.98 Å². The second kappa shape index (κ2) is 4.93. The molecule has 2 aromatic rings. The summed E-state index contributed by atoms with van der Waals surface area (Å²) in [6, 6.07) is 7.87. The molecule has 1 aromatic heterocycles. The summed E-state index contributed by atoms with van der Waals surface area (Å²) >= 11 is 0. The molecule has 0 amide bonds. The zero-order valence-electron chi connectivity index (χ0n) is 9.35. The van der Waals surface area contributed by atoms with Crippen molar-refractivity contribution in [3.8, 4) is 17.0 Å². The van der Waals surface area contributed by atoms with Crippen molar-refractivity contribution in [3.63, 3.8) is 0 Å². The first-order valence-corrected chi connectivity index (χ1v) is 5.14. The average Bonchev–Trinajstić information content (AvgIpc) is 2.39. The molecule has 0 aliphatic heterocycles. The molecule has 3 nitrogen and oxygen atoms in total. The van der Waals surface area contributed by atoms with Gasteiger partial charge in [0.25, 0.3) is 0 Å². The zero-order valence-corrected chi connectivity index (χ0v) is 9.35. The Labute approximate surface area is 98.5 Å². The van der Waals surface area contributed by atoms with E-state index in [1.807, 2.05) is 0 Å². The molecule has 1 N–H and O–H groups in total. The van der Waals surface area contributed by atoms with Crippen molar-refractivity contribution < 1.29 is 14.2 Å². The van der Waals surface area contributed by atoms with Gasteiger partial charge in [0.2, 0.25) is 0 Å². The zero-order chi connectivity index (χ0) is 12.3. The molecule has 0 spiro atoms. The van der Waals surface area contributed by atoms with Crippen molar-refractivity contribution >= 4 is 0 Å². The number of halogens is 1. The van der Waals surface area contributed by atoms with Gasteiger partial charge in [-0.15, -0.1) is 0 Å². The molecule has 0 atom stereocenters. The van der Waals surface area contributed by atoms with Gasteiger partial charge in [0.15, 0.2) is 0 Å². The molecular weight excluding hydrogens is 221 g/mol. The quantitative estimate of drug-likeness (QED) is 0.885. The van der Waals surface area contributed by atoms with Gasteiger partial charge in [0.1, 0.15) is 11.6 Å². The van der Waals surface area contributed by atoms with Crippen LogP contribution in [0.3, 0.4) is 0 Å². The average molecular weight is 233 g/mol. The number of methoxy groups -OCH3 is 1. The van der Waals surface area contributed by atoms with Crippen molar-refractivity contribution in [1.82, 2.24) is 4.98 Å². The minimum atomic E-state index is -0.352. The Bertz CT molecular complexity index is 511. The molecule has 2 rings (SSSR count). The van der Waals surface area contributed by atoms with Crippen molar-refractivity contribution in [2.24, 2.45) is 0 Å². The van der Waals surface area contributed by atoms with Gasteiger partial charge in [0, 0.05) is 11.8 Å². The molecule has 0 saturated heterocycles. The monoisotopic (exact) mass is 233 g/mol. The molecule has 1 heterocycles. The third-order valence-electron chi connectivity index (χ3n) is 2.46. The smallest absolute Gasteiger partial charge is 0.132 e. The number of hydrogen-bond acceptors (Lipinski definition) is 3. The highest BCUT2D eigenvalue weighted by atomic mass is 19.1. The number of ether oxygens (including phenoxy) is 1. The summed E-state index contributed by atoms with van der Waals surface area (Å²) in [6.45, 7) is -0.0755. The highest BCUT2D eigenvalue weighted by Crippen LogP contribution is 2.25. The fourth-order valence-electron chi connectivity index (χ4n) is 1.50. The minimum absolute atomic E-state index is 0.0755. The van der Waals surface area contributed by atoms with Crippen LogP contribution in [-0.4, -0.2) is 17.2 Å². The predicted molar refractivity (Wildman–Crippen MR) is 62.1 cm³/mol. The fraction of sp³-hybridized carbons (Fsp3) is 0.154. The second-order valence-electron chi connectivity index (χ2n) is 3.56. The van der Waals surface area contributed by atoms with Crippen molar-refractivity contribution in [3.05, 3.63) is 47.9 Å². The third kappa shape index (κ3) is 2.42. The first-order valence-electron chi connectivity index (χ1n) is 5.14. The predicted octanol–water partition coefficient (Wildman–Crippen LogP) is 2.39. The topological polar surface area (TPSA) is 42.4 Å². The van der Waals surface area contributed by atoms with Crippen LogP contribution in [0.4, 0.5) is 4.39 Å². The molecule has 0 fully saturated rings. The number of pyridine rings is 1. The maximum atomic E-state index is 13.6. The van der Waals surface area contributed by atoms with Gasteiger partial charge in [-0.25, -0.2) is 4.39 Å². The van der Waals surface area contributed by atoms with E-state index in [4.69, 9.17) is 9.84 Å². The van der Waals surface area contributed by atoms with Crippen LogP contribution in [0.15, 0.2) is 36.5 Å². The van der Waals surface area contributed by atoms with Gasteiger partial charge in [-0.1, -0.05) is 6.07 Å². The van der Waals surface area contributed by atoms with Crippen LogP contribution in [0.5, 0.6) is 5.75 Å². The summed E-state index contributed by atoms with van der Waals surface area (Å²) in [7, 11) is 1.53. The number of rotatable bonds is 3. The number of nitrogens with zero attached hydrogens (tertiary/aromatic N) is 1. The third-order valence-corrected chi connectivity index (χ3v) is 2.46. The molecule has 0 aliphatic rings. The summed E-state index contributed by atoms with van der Waals surface area (Å²) in [5, 5.41) is 8.90. The lowest BCUT2D eigenvalue weighted by molar-refractivity contribution is 0.281. The second-order valence-corrected chi connectivity index (χ2v) is 3.56. The number of aliphatic hydroxyl groups excluding tert-OH is 1. The van der Waals surface area contributed by atoms with Crippen LogP contribution < -0.4 is 4.74 Å². The molecule has 0 saturated carbocycles. The number of benzene rings is 1. The van der Waals surface area contributed by atoms with E-state index in [-0.39, 0.29) is 12.4 Å². The normalized spacial score (nSPS) is 10.3. The van der Waals surface area contributed by atoms with E-state index in [0.29, 0.717) is 22.6 Å². The Morgan fingerprint density at radius 2 is 2.12 bits per heavy atom. The first-order chi connectivity index (χ1) is 8.24. The van der Waals surface area contributed by atoms with E-state index >= 15 is 0 Å². The van der Waals surface area contributed by atoms with Crippen molar-refractivity contribution in [2.75, 3.05) is 7.11 Å². The van der Waals surface area contributed by atoms with Crippen molar-refractivity contribution in [1.29, 1.82) is 0 Å². The van der Waals surface area contributed by atoms with E-state index in [2.05, 4.69) is 4.98 Å². The summed E-state index contributed by atoms with van der Waals surface area (Å²) < 4.78 is 18.7. The molecule has 0 radical (unpaired) electrons. The highest BCUT2D eigenvalue weighted by molar-refractivity contribution is 5.62. The van der Waals surface area contributed by atoms with E-state index < -0.39 is 0 Å².